The Bertz CT molecular complexity index is 812. The van der Waals surface area contributed by atoms with E-state index in [0.717, 1.165) is 36.1 Å². The predicted octanol–water partition coefficient (Wildman–Crippen LogP) is 3.26. The summed E-state index contributed by atoms with van der Waals surface area (Å²) < 4.78 is 16.3. The van der Waals surface area contributed by atoms with E-state index in [-0.39, 0.29) is 23.8 Å². The van der Waals surface area contributed by atoms with Gasteiger partial charge >= 0.3 is 6.09 Å². The van der Waals surface area contributed by atoms with Crippen LogP contribution in [-0.4, -0.2) is 69.0 Å². The molecule has 8 nitrogen and oxygen atoms in total. The second-order valence-electron chi connectivity index (χ2n) is 9.92. The first kappa shape index (κ1) is 26.3. The minimum Gasteiger partial charge on any atom is -0.493 e. The zero-order chi connectivity index (χ0) is 24.5. The van der Waals surface area contributed by atoms with Crippen molar-refractivity contribution in [2.24, 2.45) is 11.8 Å². The van der Waals surface area contributed by atoms with Crippen molar-refractivity contribution in [3.63, 3.8) is 0 Å². The van der Waals surface area contributed by atoms with Gasteiger partial charge in [-0.2, -0.15) is 0 Å². The van der Waals surface area contributed by atoms with Crippen molar-refractivity contribution in [2.75, 3.05) is 40.0 Å². The molecule has 2 amide bonds. The van der Waals surface area contributed by atoms with Crippen LogP contribution >= 0.6 is 0 Å². The van der Waals surface area contributed by atoms with E-state index in [2.05, 4.69) is 28.8 Å². The summed E-state index contributed by atoms with van der Waals surface area (Å²) in [6, 6.07) is 6.37. The summed E-state index contributed by atoms with van der Waals surface area (Å²) in [5.41, 5.74) is 2.16. The number of carbonyl (C=O) groups is 2. The van der Waals surface area contributed by atoms with Gasteiger partial charge in [0, 0.05) is 51.9 Å². The fraction of sp³-hybridized carbons (Fsp3) is 0.692. The molecule has 0 aromatic heterocycles. The molecule has 1 aliphatic carbocycles. The van der Waals surface area contributed by atoms with Crippen molar-refractivity contribution in [1.29, 1.82) is 0 Å². The Balaban J connectivity index is 1.58. The molecule has 8 heteroatoms. The van der Waals surface area contributed by atoms with Crippen molar-refractivity contribution in [1.82, 2.24) is 15.5 Å². The van der Waals surface area contributed by atoms with Crippen molar-refractivity contribution >= 4 is 12.0 Å². The van der Waals surface area contributed by atoms with Crippen molar-refractivity contribution in [2.45, 2.75) is 65.1 Å². The van der Waals surface area contributed by atoms with Crippen LogP contribution in [0.2, 0.25) is 0 Å². The number of amides is 2. The van der Waals surface area contributed by atoms with Crippen molar-refractivity contribution < 1.29 is 23.8 Å². The lowest BCUT2D eigenvalue weighted by atomic mass is 9.94. The summed E-state index contributed by atoms with van der Waals surface area (Å²) in [5, 5.41) is 6.23. The smallest absolute Gasteiger partial charge is 0.407 e. The molecule has 0 bridgehead atoms. The third kappa shape index (κ3) is 8.17. The summed E-state index contributed by atoms with van der Waals surface area (Å²) >= 11 is 0. The molecule has 2 N–H and O–H groups in total. The molecule has 190 valence electrons. The maximum Gasteiger partial charge on any atom is 0.407 e. The maximum atomic E-state index is 13.5. The lowest BCUT2D eigenvalue weighted by Gasteiger charge is -2.33. The second-order valence-corrected chi connectivity index (χ2v) is 9.92. The number of methoxy groups -OCH3 is 1. The predicted molar refractivity (Wildman–Crippen MR) is 131 cm³/mol. The molecule has 1 heterocycles. The van der Waals surface area contributed by atoms with Crippen LogP contribution in [0.5, 0.6) is 5.75 Å². The first-order valence-electron chi connectivity index (χ1n) is 12.5. The number of benzene rings is 1. The van der Waals surface area contributed by atoms with Gasteiger partial charge in [-0.3, -0.25) is 4.79 Å². The highest BCUT2D eigenvalue weighted by molar-refractivity contribution is 5.80. The van der Waals surface area contributed by atoms with Gasteiger partial charge in [0.25, 0.3) is 0 Å². The number of aryl methyl sites for hydroxylation is 1. The number of hydrogen-bond donors (Lipinski definition) is 2. The van der Waals surface area contributed by atoms with E-state index >= 15 is 0 Å². The van der Waals surface area contributed by atoms with Crippen LogP contribution < -0.4 is 15.4 Å². The molecule has 0 radical (unpaired) electrons. The summed E-state index contributed by atoms with van der Waals surface area (Å²) in [4.78, 5) is 27.6. The molecule has 3 rings (SSSR count). The number of alkyl carbamates (subject to hydrolysis) is 1. The molecule has 0 spiro atoms. The van der Waals surface area contributed by atoms with E-state index in [1.807, 2.05) is 25.7 Å². The number of hydrogen-bond acceptors (Lipinski definition) is 6. The molecule has 2 fully saturated rings. The van der Waals surface area contributed by atoms with Crippen LogP contribution in [0.15, 0.2) is 18.2 Å². The quantitative estimate of drug-likeness (QED) is 0.451. The molecule has 2 aliphatic rings. The zero-order valence-corrected chi connectivity index (χ0v) is 21.1. The third-order valence-corrected chi connectivity index (χ3v) is 6.20. The van der Waals surface area contributed by atoms with E-state index in [1.54, 1.807) is 7.11 Å². The number of nitrogens with zero attached hydrogens (tertiary/aromatic N) is 1. The average molecular weight is 476 g/mol. The average Bonchev–Trinajstić information content (AvgIpc) is 3.65. The Morgan fingerprint density at radius 2 is 2.00 bits per heavy atom. The molecular formula is C26H41N3O5. The SMILES string of the molecule is COCCCOc1cc(CN(C(=O)[C@@H]2CNC[C@H](NC(=O)OCC(C)C)C2)C2CC2)ccc1C. The lowest BCUT2D eigenvalue weighted by molar-refractivity contribution is -0.137. The highest BCUT2D eigenvalue weighted by atomic mass is 16.5. The standard InChI is InChI=1S/C26H41N3O5/c1-18(2)17-34-26(31)28-22-13-21(14-27-15-22)25(30)29(23-8-9-23)16-20-7-6-19(3)24(12-20)33-11-5-10-32-4/h6-7,12,18,21-23,27H,5,8-11,13-17H2,1-4H3,(H,28,31)/t21-,22+/m0/s1. The molecule has 1 aromatic carbocycles. The molecule has 1 saturated heterocycles. The van der Waals surface area contributed by atoms with Crippen LogP contribution in [-0.2, 0) is 20.8 Å². The van der Waals surface area contributed by atoms with Gasteiger partial charge in [-0.25, -0.2) is 4.79 Å². The lowest BCUT2D eigenvalue weighted by Crippen LogP contribution is -2.53. The van der Waals surface area contributed by atoms with E-state index < -0.39 is 6.09 Å². The third-order valence-electron chi connectivity index (χ3n) is 6.20. The fourth-order valence-corrected chi connectivity index (χ4v) is 4.18. The number of nitrogens with one attached hydrogen (secondary N) is 2. The van der Waals surface area contributed by atoms with E-state index in [1.165, 1.54) is 0 Å². The normalized spacial score (nSPS) is 20.1. The Morgan fingerprint density at radius 1 is 1.21 bits per heavy atom. The van der Waals surface area contributed by atoms with Gasteiger partial charge in [0.05, 0.1) is 19.1 Å². The van der Waals surface area contributed by atoms with Crippen LogP contribution in [0, 0.1) is 18.8 Å². The highest BCUT2D eigenvalue weighted by Gasteiger charge is 2.38. The number of piperidine rings is 1. The van der Waals surface area contributed by atoms with Gasteiger partial charge in [0.2, 0.25) is 5.91 Å². The Morgan fingerprint density at radius 3 is 2.71 bits per heavy atom. The highest BCUT2D eigenvalue weighted by Crippen LogP contribution is 2.32. The Labute approximate surface area is 203 Å². The van der Waals surface area contributed by atoms with Crippen molar-refractivity contribution in [3.8, 4) is 5.75 Å². The van der Waals surface area contributed by atoms with Crippen LogP contribution in [0.3, 0.4) is 0 Å². The first-order chi connectivity index (χ1) is 16.4. The van der Waals surface area contributed by atoms with Crippen molar-refractivity contribution in [3.05, 3.63) is 29.3 Å². The van der Waals surface area contributed by atoms with Crippen LogP contribution in [0.4, 0.5) is 4.79 Å². The van der Waals surface area contributed by atoms with Gasteiger partial charge in [0.1, 0.15) is 5.75 Å². The number of ether oxygens (including phenoxy) is 3. The van der Waals surface area contributed by atoms with Crippen LogP contribution in [0.1, 0.15) is 50.7 Å². The Hall–Kier alpha value is -2.32. The van der Waals surface area contributed by atoms with E-state index in [4.69, 9.17) is 14.2 Å². The topological polar surface area (TPSA) is 89.1 Å². The van der Waals surface area contributed by atoms with Gasteiger partial charge in [0.15, 0.2) is 0 Å². The molecule has 1 aromatic rings. The van der Waals surface area contributed by atoms with Crippen LogP contribution in [0.25, 0.3) is 0 Å². The van der Waals surface area contributed by atoms with Gasteiger partial charge < -0.3 is 29.7 Å². The largest absolute Gasteiger partial charge is 0.493 e. The molecular weight excluding hydrogens is 434 g/mol. The van der Waals surface area contributed by atoms with E-state index in [9.17, 15) is 9.59 Å². The fourth-order valence-electron chi connectivity index (χ4n) is 4.18. The minimum absolute atomic E-state index is 0.116. The molecule has 2 atom stereocenters. The molecule has 1 saturated carbocycles. The zero-order valence-electron chi connectivity index (χ0n) is 21.1. The molecule has 0 unspecified atom stereocenters. The Kier molecular flexibility index (Phi) is 10.0. The van der Waals surface area contributed by atoms with Gasteiger partial charge in [-0.15, -0.1) is 0 Å². The first-order valence-corrected chi connectivity index (χ1v) is 12.5. The number of rotatable bonds is 12. The minimum atomic E-state index is -0.412. The maximum absolute atomic E-state index is 13.5. The summed E-state index contributed by atoms with van der Waals surface area (Å²) in [6.07, 6.45) is 3.13. The number of carbonyl (C=O) groups excluding carboxylic acids is 2. The second kappa shape index (κ2) is 13.0. The summed E-state index contributed by atoms with van der Waals surface area (Å²) in [6.45, 7) is 9.54. The molecule has 34 heavy (non-hydrogen) atoms. The van der Waals surface area contributed by atoms with Gasteiger partial charge in [-0.1, -0.05) is 26.0 Å². The molecule has 1 aliphatic heterocycles. The van der Waals surface area contributed by atoms with E-state index in [0.29, 0.717) is 51.9 Å². The monoisotopic (exact) mass is 475 g/mol. The van der Waals surface area contributed by atoms with Gasteiger partial charge in [-0.05, 0) is 49.3 Å². The summed E-state index contributed by atoms with van der Waals surface area (Å²) in [7, 11) is 1.69. The summed E-state index contributed by atoms with van der Waals surface area (Å²) in [5.74, 6) is 1.13.